The smallest absolute Gasteiger partial charge is 0.203 e. The van der Waals surface area contributed by atoms with Gasteiger partial charge in [0, 0.05) is 17.2 Å². The first-order valence-electron chi connectivity index (χ1n) is 5.57. The van der Waals surface area contributed by atoms with Crippen molar-refractivity contribution < 1.29 is 12.8 Å². The van der Waals surface area contributed by atoms with Gasteiger partial charge in [-0.05, 0) is 25.1 Å². The molecule has 8 heteroatoms. The number of aromatic nitrogens is 1. The molecule has 1 aromatic heterocycles. The lowest BCUT2D eigenvalue weighted by molar-refractivity contribution is 0.600. The van der Waals surface area contributed by atoms with Crippen LogP contribution in [0.4, 0.5) is 9.52 Å². The normalized spacial score (nSPS) is 11.9. The molecule has 0 atom stereocenters. The van der Waals surface area contributed by atoms with E-state index in [1.54, 1.807) is 0 Å². The predicted molar refractivity (Wildman–Crippen MR) is 77.6 cm³/mol. The molecule has 1 heterocycles. The number of hydrazone groups is 1. The number of hydrogen-bond acceptors (Lipinski definition) is 6. The fourth-order valence-electron chi connectivity index (χ4n) is 1.41. The summed E-state index contributed by atoms with van der Waals surface area (Å²) in [5.41, 5.74) is 3.61. The van der Waals surface area contributed by atoms with E-state index in [1.165, 1.54) is 29.7 Å². The summed E-state index contributed by atoms with van der Waals surface area (Å²) in [6.45, 7) is 1.85. The minimum Gasteiger partial charge on any atom is -0.253 e. The third-order valence-corrected chi connectivity index (χ3v) is 4.35. The van der Waals surface area contributed by atoms with Gasteiger partial charge in [0.2, 0.25) is 5.13 Å². The van der Waals surface area contributed by atoms with Crippen LogP contribution in [0.15, 0.2) is 33.6 Å². The number of aryl methyl sites for hydroxylation is 1. The van der Waals surface area contributed by atoms with Gasteiger partial charge in [-0.3, -0.25) is 5.43 Å². The number of hydrogen-bond donors (Lipinski definition) is 1. The first-order valence-corrected chi connectivity index (χ1v) is 8.34. The second kappa shape index (κ2) is 5.68. The van der Waals surface area contributed by atoms with Crippen molar-refractivity contribution in [3.05, 3.63) is 40.7 Å². The van der Waals surface area contributed by atoms with E-state index < -0.39 is 15.7 Å². The largest absolute Gasteiger partial charge is 0.253 e. The zero-order valence-corrected chi connectivity index (χ0v) is 12.4. The average molecular weight is 313 g/mol. The Kier molecular flexibility index (Phi) is 4.15. The van der Waals surface area contributed by atoms with Gasteiger partial charge in [-0.15, -0.1) is 11.3 Å². The highest BCUT2D eigenvalue weighted by Gasteiger charge is 2.09. The van der Waals surface area contributed by atoms with Gasteiger partial charge in [-0.1, -0.05) is 0 Å². The number of rotatable bonds is 4. The number of thiazole rings is 1. The van der Waals surface area contributed by atoms with Gasteiger partial charge in [0.25, 0.3) is 0 Å². The number of nitrogens with one attached hydrogen (secondary N) is 1. The van der Waals surface area contributed by atoms with Crippen molar-refractivity contribution in [3.8, 4) is 0 Å². The van der Waals surface area contributed by atoms with Crippen molar-refractivity contribution in [2.75, 3.05) is 11.7 Å². The van der Waals surface area contributed by atoms with Crippen molar-refractivity contribution >= 4 is 32.5 Å². The lowest BCUT2D eigenvalue weighted by Gasteiger charge is -2.01. The maximum atomic E-state index is 13.6. The molecule has 5 nitrogen and oxygen atoms in total. The molecule has 1 N–H and O–H groups in total. The molecule has 0 amide bonds. The molecule has 0 saturated carbocycles. The van der Waals surface area contributed by atoms with Crippen LogP contribution >= 0.6 is 11.3 Å². The van der Waals surface area contributed by atoms with Crippen LogP contribution in [0.5, 0.6) is 0 Å². The second-order valence-electron chi connectivity index (χ2n) is 4.12. The topological polar surface area (TPSA) is 71.4 Å². The van der Waals surface area contributed by atoms with Gasteiger partial charge in [-0.25, -0.2) is 17.8 Å². The molecule has 0 radical (unpaired) electrons. The standard InChI is InChI=1S/C12H12FN3O2S2/c1-8-7-19-12(15-8)16-14-6-9-5-10(20(2,17)18)3-4-11(9)13/h3-7H,1-2H3,(H,15,16). The molecule has 0 aliphatic rings. The van der Waals surface area contributed by atoms with Crippen LogP contribution < -0.4 is 5.43 Å². The van der Waals surface area contributed by atoms with E-state index in [0.717, 1.165) is 18.0 Å². The molecule has 0 saturated heterocycles. The minimum atomic E-state index is -3.37. The third kappa shape index (κ3) is 3.61. The summed E-state index contributed by atoms with van der Waals surface area (Å²) in [5.74, 6) is -0.543. The molecule has 0 aliphatic carbocycles. The molecule has 20 heavy (non-hydrogen) atoms. The Labute approximate surface area is 120 Å². The maximum absolute atomic E-state index is 13.6. The van der Waals surface area contributed by atoms with Crippen LogP contribution in [0, 0.1) is 12.7 Å². The van der Waals surface area contributed by atoms with Crippen molar-refractivity contribution in [1.29, 1.82) is 0 Å². The Morgan fingerprint density at radius 3 is 2.80 bits per heavy atom. The number of nitrogens with zero attached hydrogens (tertiary/aromatic N) is 2. The highest BCUT2D eigenvalue weighted by Crippen LogP contribution is 2.15. The summed E-state index contributed by atoms with van der Waals surface area (Å²) in [4.78, 5) is 4.17. The molecule has 106 valence electrons. The summed E-state index contributed by atoms with van der Waals surface area (Å²) in [6.07, 6.45) is 2.29. The summed E-state index contributed by atoms with van der Waals surface area (Å²) < 4.78 is 36.4. The van der Waals surface area contributed by atoms with E-state index in [0.29, 0.717) is 5.13 Å². The first-order chi connectivity index (χ1) is 9.36. The Morgan fingerprint density at radius 1 is 1.45 bits per heavy atom. The number of benzene rings is 1. The molecule has 0 fully saturated rings. The third-order valence-electron chi connectivity index (χ3n) is 2.38. The summed E-state index contributed by atoms with van der Waals surface area (Å²) in [5, 5.41) is 6.28. The highest BCUT2D eigenvalue weighted by molar-refractivity contribution is 7.90. The highest BCUT2D eigenvalue weighted by atomic mass is 32.2. The monoisotopic (exact) mass is 313 g/mol. The van der Waals surface area contributed by atoms with Crippen LogP contribution in [-0.4, -0.2) is 25.9 Å². The van der Waals surface area contributed by atoms with Gasteiger partial charge < -0.3 is 0 Å². The van der Waals surface area contributed by atoms with E-state index in [4.69, 9.17) is 0 Å². The Balaban J connectivity index is 2.20. The van der Waals surface area contributed by atoms with Crippen LogP contribution in [0.2, 0.25) is 0 Å². The van der Waals surface area contributed by atoms with Gasteiger partial charge in [0.15, 0.2) is 9.84 Å². The SMILES string of the molecule is Cc1csc(NN=Cc2cc(S(C)(=O)=O)ccc2F)n1. The van der Waals surface area contributed by atoms with Gasteiger partial charge >= 0.3 is 0 Å². The Morgan fingerprint density at radius 2 is 2.20 bits per heavy atom. The second-order valence-corrected chi connectivity index (χ2v) is 6.99. The van der Waals surface area contributed by atoms with Gasteiger partial charge in [0.05, 0.1) is 16.8 Å². The van der Waals surface area contributed by atoms with Crippen molar-refractivity contribution in [3.63, 3.8) is 0 Å². The minimum absolute atomic E-state index is 0.0467. The van der Waals surface area contributed by atoms with Gasteiger partial charge in [-0.2, -0.15) is 5.10 Å². The van der Waals surface area contributed by atoms with Crippen LogP contribution in [0.3, 0.4) is 0 Å². The van der Waals surface area contributed by atoms with E-state index in [2.05, 4.69) is 15.5 Å². The van der Waals surface area contributed by atoms with E-state index in [1.807, 2.05) is 12.3 Å². The summed E-state index contributed by atoms with van der Waals surface area (Å²) in [6, 6.07) is 3.56. The Hall–Kier alpha value is -1.80. The summed E-state index contributed by atoms with van der Waals surface area (Å²) >= 11 is 1.37. The van der Waals surface area contributed by atoms with Crippen LogP contribution in [0.25, 0.3) is 0 Å². The van der Waals surface area contributed by atoms with Crippen molar-refractivity contribution in [1.82, 2.24) is 4.98 Å². The molecule has 2 rings (SSSR count). The summed E-state index contributed by atoms with van der Waals surface area (Å²) in [7, 11) is -3.37. The first kappa shape index (κ1) is 14.6. The fourth-order valence-corrected chi connectivity index (χ4v) is 2.71. The van der Waals surface area contributed by atoms with Crippen molar-refractivity contribution in [2.45, 2.75) is 11.8 Å². The van der Waals surface area contributed by atoms with E-state index >= 15 is 0 Å². The lowest BCUT2D eigenvalue weighted by atomic mass is 10.2. The average Bonchev–Trinajstić information content (AvgIpc) is 2.76. The maximum Gasteiger partial charge on any atom is 0.203 e. The zero-order valence-electron chi connectivity index (χ0n) is 10.8. The number of halogens is 1. The lowest BCUT2D eigenvalue weighted by Crippen LogP contribution is -2.00. The van der Waals surface area contributed by atoms with Crippen LogP contribution in [0.1, 0.15) is 11.3 Å². The van der Waals surface area contributed by atoms with Gasteiger partial charge in [0.1, 0.15) is 5.82 Å². The molecule has 1 aromatic carbocycles. The molecular weight excluding hydrogens is 301 g/mol. The molecule has 2 aromatic rings. The predicted octanol–water partition coefficient (Wildman–Crippen LogP) is 2.44. The molecule has 0 bridgehead atoms. The van der Waals surface area contributed by atoms with E-state index in [9.17, 15) is 12.8 Å². The van der Waals surface area contributed by atoms with Crippen molar-refractivity contribution in [2.24, 2.45) is 5.10 Å². The number of sulfone groups is 1. The Bertz CT molecular complexity index is 754. The quantitative estimate of drug-likeness (QED) is 0.534. The fraction of sp³-hybridized carbons (Fsp3) is 0.167. The zero-order chi connectivity index (χ0) is 14.8. The van der Waals surface area contributed by atoms with E-state index in [-0.39, 0.29) is 10.5 Å². The molecule has 0 spiro atoms. The molecular formula is C12H12FN3O2S2. The molecule has 0 aliphatic heterocycles. The number of anilines is 1. The van der Waals surface area contributed by atoms with Crippen LogP contribution in [-0.2, 0) is 9.84 Å². The molecule has 0 unspecified atom stereocenters.